The van der Waals surface area contributed by atoms with E-state index in [4.69, 9.17) is 12.2 Å². The van der Waals surface area contributed by atoms with Gasteiger partial charge in [0, 0.05) is 36.6 Å². The predicted molar refractivity (Wildman–Crippen MR) is 100 cm³/mol. The molecule has 1 heterocycles. The van der Waals surface area contributed by atoms with Gasteiger partial charge >= 0.3 is 0 Å². The van der Waals surface area contributed by atoms with Crippen LogP contribution in [0.15, 0.2) is 67.0 Å². The Kier molecular flexibility index (Phi) is 4.83. The molecule has 0 fully saturated rings. The fraction of sp³-hybridized carbons (Fsp3) is 0.158. The van der Waals surface area contributed by atoms with Gasteiger partial charge in [-0.05, 0) is 48.3 Å². The van der Waals surface area contributed by atoms with Crippen molar-refractivity contribution in [2.45, 2.75) is 13.5 Å². The summed E-state index contributed by atoms with van der Waals surface area (Å²) >= 11 is 5.62. The van der Waals surface area contributed by atoms with Crippen molar-refractivity contribution in [2.75, 3.05) is 11.9 Å². The van der Waals surface area contributed by atoms with Crippen molar-refractivity contribution < 1.29 is 0 Å². The number of nitrogens with one attached hydrogen (secondary N) is 1. The van der Waals surface area contributed by atoms with E-state index in [0.29, 0.717) is 0 Å². The van der Waals surface area contributed by atoms with Gasteiger partial charge in [0.2, 0.25) is 0 Å². The first-order valence-electron chi connectivity index (χ1n) is 7.70. The van der Waals surface area contributed by atoms with Crippen molar-refractivity contribution in [1.82, 2.24) is 9.88 Å². The summed E-state index contributed by atoms with van der Waals surface area (Å²) in [5.41, 5.74) is 2.24. The molecule has 0 radical (unpaired) electrons. The molecule has 0 aliphatic heterocycles. The van der Waals surface area contributed by atoms with Crippen LogP contribution in [-0.4, -0.2) is 21.5 Å². The lowest BCUT2D eigenvalue weighted by Crippen LogP contribution is -2.34. The number of aromatic nitrogens is 1. The zero-order valence-corrected chi connectivity index (χ0v) is 13.9. The lowest BCUT2D eigenvalue weighted by Gasteiger charge is -2.25. The van der Waals surface area contributed by atoms with Crippen LogP contribution in [0.4, 0.5) is 5.69 Å². The molecule has 0 spiro atoms. The predicted octanol–water partition coefficient (Wildman–Crippen LogP) is 4.45. The Morgan fingerprint density at radius 2 is 1.78 bits per heavy atom. The summed E-state index contributed by atoms with van der Waals surface area (Å²) in [6.07, 6.45) is 3.62. The zero-order chi connectivity index (χ0) is 16.1. The van der Waals surface area contributed by atoms with E-state index in [0.717, 1.165) is 23.9 Å². The first kappa shape index (κ1) is 15.4. The Hall–Kier alpha value is -2.46. The van der Waals surface area contributed by atoms with Crippen LogP contribution in [0.2, 0.25) is 0 Å². The standard InChI is InChI=1S/C19H19N3S/c1-2-22(14-15-10-12-20-13-11-15)19(23)21-18-9-5-7-16-6-3-4-8-17(16)18/h3-13H,2,14H2,1H3,(H,21,23). The highest BCUT2D eigenvalue weighted by Gasteiger charge is 2.10. The van der Waals surface area contributed by atoms with E-state index in [-0.39, 0.29) is 0 Å². The first-order chi connectivity index (χ1) is 11.3. The number of nitrogens with zero attached hydrogens (tertiary/aromatic N) is 2. The fourth-order valence-corrected chi connectivity index (χ4v) is 2.87. The molecule has 3 aromatic rings. The summed E-state index contributed by atoms with van der Waals surface area (Å²) in [4.78, 5) is 6.20. The quantitative estimate of drug-likeness (QED) is 0.718. The summed E-state index contributed by atoms with van der Waals surface area (Å²) in [5, 5.41) is 6.52. The highest BCUT2D eigenvalue weighted by atomic mass is 32.1. The van der Waals surface area contributed by atoms with E-state index in [9.17, 15) is 0 Å². The second kappa shape index (κ2) is 7.20. The van der Waals surface area contributed by atoms with E-state index in [1.165, 1.54) is 16.3 Å². The Labute approximate surface area is 142 Å². The van der Waals surface area contributed by atoms with Crippen molar-refractivity contribution >= 4 is 33.8 Å². The Morgan fingerprint density at radius 1 is 1.04 bits per heavy atom. The average Bonchev–Trinajstić information content (AvgIpc) is 2.61. The number of hydrogen-bond donors (Lipinski definition) is 1. The van der Waals surface area contributed by atoms with E-state index < -0.39 is 0 Å². The largest absolute Gasteiger partial charge is 0.345 e. The number of fused-ring (bicyclic) bond motifs is 1. The SMILES string of the molecule is CCN(Cc1ccncc1)C(=S)Nc1cccc2ccccc12. The molecule has 3 nitrogen and oxygen atoms in total. The van der Waals surface area contributed by atoms with Gasteiger partial charge in [0.1, 0.15) is 0 Å². The average molecular weight is 321 g/mol. The third-order valence-electron chi connectivity index (χ3n) is 3.82. The van der Waals surface area contributed by atoms with Crippen LogP contribution in [0, 0.1) is 0 Å². The van der Waals surface area contributed by atoms with E-state index in [1.54, 1.807) is 0 Å². The Morgan fingerprint density at radius 3 is 2.57 bits per heavy atom. The van der Waals surface area contributed by atoms with Crippen molar-refractivity contribution in [3.05, 3.63) is 72.6 Å². The zero-order valence-electron chi connectivity index (χ0n) is 13.1. The van der Waals surface area contributed by atoms with E-state index in [2.05, 4.69) is 46.4 Å². The summed E-state index contributed by atoms with van der Waals surface area (Å²) in [6, 6.07) is 18.6. The van der Waals surface area contributed by atoms with Gasteiger partial charge in [-0.3, -0.25) is 4.98 Å². The van der Waals surface area contributed by atoms with Crippen LogP contribution >= 0.6 is 12.2 Å². The van der Waals surface area contributed by atoms with Crippen molar-refractivity contribution in [1.29, 1.82) is 0 Å². The first-order valence-corrected chi connectivity index (χ1v) is 8.11. The topological polar surface area (TPSA) is 28.2 Å². The molecule has 116 valence electrons. The normalized spacial score (nSPS) is 10.5. The molecule has 0 atom stereocenters. The fourth-order valence-electron chi connectivity index (χ4n) is 2.56. The maximum atomic E-state index is 5.62. The second-order valence-electron chi connectivity index (χ2n) is 5.33. The van der Waals surface area contributed by atoms with Gasteiger partial charge in [-0.15, -0.1) is 0 Å². The number of rotatable bonds is 4. The molecular formula is C19H19N3S. The lowest BCUT2D eigenvalue weighted by molar-refractivity contribution is 0.442. The molecule has 0 saturated heterocycles. The number of pyridine rings is 1. The van der Waals surface area contributed by atoms with Gasteiger partial charge in [0.25, 0.3) is 0 Å². The summed E-state index contributed by atoms with van der Waals surface area (Å²) in [7, 11) is 0. The Bertz CT molecular complexity index is 797. The van der Waals surface area contributed by atoms with Crippen LogP contribution < -0.4 is 5.32 Å². The highest BCUT2D eigenvalue weighted by molar-refractivity contribution is 7.80. The van der Waals surface area contributed by atoms with Gasteiger partial charge in [0.05, 0.1) is 0 Å². The van der Waals surface area contributed by atoms with Gasteiger partial charge in [-0.2, -0.15) is 0 Å². The Balaban J connectivity index is 1.79. The minimum Gasteiger partial charge on any atom is -0.345 e. The molecule has 3 rings (SSSR count). The van der Waals surface area contributed by atoms with Crippen LogP contribution in [0.1, 0.15) is 12.5 Å². The summed E-state index contributed by atoms with van der Waals surface area (Å²) in [5.74, 6) is 0. The van der Waals surface area contributed by atoms with Gasteiger partial charge in [0.15, 0.2) is 5.11 Å². The van der Waals surface area contributed by atoms with Gasteiger partial charge in [-0.25, -0.2) is 0 Å². The molecule has 0 amide bonds. The maximum absolute atomic E-state index is 5.62. The third kappa shape index (κ3) is 3.66. The van der Waals surface area contributed by atoms with Crippen LogP contribution in [0.5, 0.6) is 0 Å². The summed E-state index contributed by atoms with van der Waals surface area (Å²) < 4.78 is 0. The minimum atomic E-state index is 0.737. The number of anilines is 1. The van der Waals surface area contributed by atoms with Gasteiger partial charge in [-0.1, -0.05) is 36.4 Å². The van der Waals surface area contributed by atoms with Crippen molar-refractivity contribution in [2.24, 2.45) is 0 Å². The van der Waals surface area contributed by atoms with E-state index in [1.807, 2.05) is 42.7 Å². The molecule has 0 aliphatic carbocycles. The van der Waals surface area contributed by atoms with Crippen molar-refractivity contribution in [3.8, 4) is 0 Å². The van der Waals surface area contributed by atoms with Crippen LogP contribution in [-0.2, 0) is 6.54 Å². The third-order valence-corrected chi connectivity index (χ3v) is 4.18. The molecule has 1 N–H and O–H groups in total. The monoisotopic (exact) mass is 321 g/mol. The van der Waals surface area contributed by atoms with E-state index >= 15 is 0 Å². The molecule has 1 aromatic heterocycles. The second-order valence-corrected chi connectivity index (χ2v) is 5.71. The molecule has 4 heteroatoms. The van der Waals surface area contributed by atoms with Crippen LogP contribution in [0.25, 0.3) is 10.8 Å². The molecule has 0 unspecified atom stereocenters. The number of thiocarbonyl (C=S) groups is 1. The van der Waals surface area contributed by atoms with Crippen molar-refractivity contribution in [3.63, 3.8) is 0 Å². The minimum absolute atomic E-state index is 0.737. The molecule has 0 aliphatic rings. The van der Waals surface area contributed by atoms with Gasteiger partial charge < -0.3 is 10.2 Å². The molecular weight excluding hydrogens is 302 g/mol. The lowest BCUT2D eigenvalue weighted by atomic mass is 10.1. The summed E-state index contributed by atoms with van der Waals surface area (Å²) in [6.45, 7) is 3.73. The highest BCUT2D eigenvalue weighted by Crippen LogP contribution is 2.23. The molecule has 2 aromatic carbocycles. The maximum Gasteiger partial charge on any atom is 0.173 e. The number of benzene rings is 2. The molecule has 23 heavy (non-hydrogen) atoms. The smallest absolute Gasteiger partial charge is 0.173 e. The number of hydrogen-bond acceptors (Lipinski definition) is 2. The van der Waals surface area contributed by atoms with Crippen LogP contribution in [0.3, 0.4) is 0 Å². The molecule has 0 saturated carbocycles. The molecule has 0 bridgehead atoms.